The Morgan fingerprint density at radius 3 is 2.14 bits per heavy atom. The first-order valence-electron chi connectivity index (χ1n) is 17.7. The third kappa shape index (κ3) is 8.26. The third-order valence-corrected chi connectivity index (χ3v) is 10.2. The van der Waals surface area contributed by atoms with E-state index in [9.17, 15) is 9.90 Å². The molecular weight excluding hydrogens is 630 g/mol. The summed E-state index contributed by atoms with van der Waals surface area (Å²) in [5.41, 5.74) is 7.04. The van der Waals surface area contributed by atoms with Crippen LogP contribution in [0.5, 0.6) is 0 Å². The minimum absolute atomic E-state index is 0.00507. The molecule has 4 aromatic rings. The highest BCUT2D eigenvalue weighted by atomic mass is 16.7. The summed E-state index contributed by atoms with van der Waals surface area (Å²) < 4.78 is 25.5. The first-order chi connectivity index (χ1) is 24.5. The summed E-state index contributed by atoms with van der Waals surface area (Å²) in [6.45, 7) is 7.01. The molecule has 0 aliphatic carbocycles. The number of carbonyl (C=O) groups excluding carboxylic acids is 1. The molecular formula is C41H47N3O6. The molecule has 1 spiro atoms. The summed E-state index contributed by atoms with van der Waals surface area (Å²) >= 11 is 0. The van der Waals surface area contributed by atoms with E-state index < -0.39 is 12.1 Å². The zero-order valence-corrected chi connectivity index (χ0v) is 28.6. The van der Waals surface area contributed by atoms with E-state index in [2.05, 4.69) is 64.9 Å². The highest BCUT2D eigenvalue weighted by Gasteiger charge is 2.43. The Balaban J connectivity index is 1.05. The van der Waals surface area contributed by atoms with Gasteiger partial charge in [-0.25, -0.2) is 4.79 Å². The van der Waals surface area contributed by atoms with E-state index in [1.807, 2.05) is 60.7 Å². The summed E-state index contributed by atoms with van der Waals surface area (Å²) in [4.78, 5) is 14.9. The van der Waals surface area contributed by atoms with Crippen LogP contribution in [0.3, 0.4) is 0 Å². The van der Waals surface area contributed by atoms with E-state index in [4.69, 9.17) is 18.9 Å². The number of nitrogens with one attached hydrogen (secondary N) is 2. The van der Waals surface area contributed by atoms with Gasteiger partial charge in [-0.15, -0.1) is 0 Å². The van der Waals surface area contributed by atoms with Gasteiger partial charge in [0.05, 0.1) is 32.0 Å². The maximum atomic E-state index is 12.5. The molecule has 4 atom stereocenters. The average Bonchev–Trinajstić information content (AvgIpc) is 3.63. The molecule has 0 radical (unpaired) electrons. The summed E-state index contributed by atoms with van der Waals surface area (Å²) in [6.07, 6.45) is 0.899. The van der Waals surface area contributed by atoms with Crippen molar-refractivity contribution in [1.82, 2.24) is 15.5 Å². The van der Waals surface area contributed by atoms with Gasteiger partial charge in [0.15, 0.2) is 12.1 Å². The minimum atomic E-state index is -0.561. The van der Waals surface area contributed by atoms with Crippen molar-refractivity contribution in [2.24, 2.45) is 5.92 Å². The quantitative estimate of drug-likeness (QED) is 0.177. The van der Waals surface area contributed by atoms with Crippen molar-refractivity contribution in [2.75, 3.05) is 32.8 Å². The topological polar surface area (TPSA) is 102 Å². The lowest BCUT2D eigenvalue weighted by Gasteiger charge is -2.44. The Bertz CT molecular complexity index is 1700. The van der Waals surface area contributed by atoms with Gasteiger partial charge in [-0.3, -0.25) is 0 Å². The highest BCUT2D eigenvalue weighted by Crippen LogP contribution is 2.43. The van der Waals surface area contributed by atoms with Crippen LogP contribution in [0.15, 0.2) is 103 Å². The fraction of sp³-hybridized carbons (Fsp3) is 0.390. The lowest BCUT2D eigenvalue weighted by Crippen LogP contribution is -2.50. The second-order valence-corrected chi connectivity index (χ2v) is 13.6. The van der Waals surface area contributed by atoms with Gasteiger partial charge in [-0.2, -0.15) is 0 Å². The molecule has 0 unspecified atom stereocenters. The Morgan fingerprint density at radius 1 is 0.760 bits per heavy atom. The van der Waals surface area contributed by atoms with Gasteiger partial charge >= 0.3 is 6.03 Å². The van der Waals surface area contributed by atoms with E-state index in [0.717, 1.165) is 71.4 Å². The fourth-order valence-electron chi connectivity index (χ4n) is 7.19. The Morgan fingerprint density at radius 2 is 1.42 bits per heavy atom. The summed E-state index contributed by atoms with van der Waals surface area (Å²) in [5, 5.41) is 15.5. The van der Waals surface area contributed by atoms with E-state index >= 15 is 0 Å². The molecule has 2 amide bonds. The molecule has 4 aromatic carbocycles. The smallest absolute Gasteiger partial charge is 0.315 e. The molecule has 50 heavy (non-hydrogen) atoms. The van der Waals surface area contributed by atoms with Gasteiger partial charge in [0.25, 0.3) is 0 Å². The first-order valence-corrected chi connectivity index (χ1v) is 17.7. The molecule has 9 nitrogen and oxygen atoms in total. The molecule has 0 aromatic heterocycles. The molecule has 3 saturated heterocycles. The first kappa shape index (κ1) is 34.4. The van der Waals surface area contributed by atoms with Crippen molar-refractivity contribution >= 4 is 6.03 Å². The number of benzene rings is 4. The molecule has 3 N–H and O–H groups in total. The second-order valence-electron chi connectivity index (χ2n) is 13.6. The predicted octanol–water partition coefficient (Wildman–Crippen LogP) is 6.48. The van der Waals surface area contributed by atoms with Crippen LogP contribution in [-0.2, 0) is 38.6 Å². The second kappa shape index (κ2) is 15.9. The zero-order chi connectivity index (χ0) is 34.3. The molecule has 3 fully saturated rings. The zero-order valence-electron chi connectivity index (χ0n) is 28.6. The van der Waals surface area contributed by atoms with E-state index in [-0.39, 0.29) is 30.8 Å². The Hall–Kier alpha value is -4.09. The summed E-state index contributed by atoms with van der Waals surface area (Å²) in [6, 6.07) is 34.3. The van der Waals surface area contributed by atoms with Crippen LogP contribution < -0.4 is 10.6 Å². The molecule has 262 valence electrons. The summed E-state index contributed by atoms with van der Waals surface area (Å²) in [5.74, 6) is -0.320. The number of ether oxygens (including phenoxy) is 4. The molecule has 3 heterocycles. The van der Waals surface area contributed by atoms with E-state index in [1.165, 1.54) is 0 Å². The Kier molecular flexibility index (Phi) is 10.9. The van der Waals surface area contributed by atoms with Gasteiger partial charge < -0.3 is 39.6 Å². The number of aliphatic hydroxyl groups excluding tert-OH is 1. The monoisotopic (exact) mass is 677 g/mol. The maximum absolute atomic E-state index is 12.5. The van der Waals surface area contributed by atoms with Crippen molar-refractivity contribution in [3.8, 4) is 11.1 Å². The number of amides is 2. The van der Waals surface area contributed by atoms with Crippen LogP contribution in [0, 0.1) is 5.92 Å². The lowest BCUT2D eigenvalue weighted by atomic mass is 9.89. The van der Waals surface area contributed by atoms with Gasteiger partial charge in [-0.1, -0.05) is 97.9 Å². The molecule has 9 heteroatoms. The average molecular weight is 678 g/mol. The molecule has 3 aliphatic heterocycles. The molecule has 0 bridgehead atoms. The van der Waals surface area contributed by atoms with Gasteiger partial charge in [0, 0.05) is 57.0 Å². The van der Waals surface area contributed by atoms with Gasteiger partial charge in [-0.05, 0) is 45.5 Å². The van der Waals surface area contributed by atoms with E-state index in [0.29, 0.717) is 26.3 Å². The number of likely N-dealkylation sites (tertiary alicyclic amines) is 1. The number of carbonyl (C=O) groups is 1. The van der Waals surface area contributed by atoms with Crippen LogP contribution in [0.25, 0.3) is 11.1 Å². The lowest BCUT2D eigenvalue weighted by molar-refractivity contribution is -0.278. The Labute approximate surface area is 294 Å². The van der Waals surface area contributed by atoms with Crippen molar-refractivity contribution in [2.45, 2.75) is 63.7 Å². The van der Waals surface area contributed by atoms with Crippen molar-refractivity contribution in [1.29, 1.82) is 0 Å². The minimum Gasteiger partial charge on any atom is -0.392 e. The van der Waals surface area contributed by atoms with Crippen LogP contribution in [0.2, 0.25) is 0 Å². The van der Waals surface area contributed by atoms with E-state index in [1.54, 1.807) is 0 Å². The van der Waals surface area contributed by atoms with Crippen molar-refractivity contribution in [3.05, 3.63) is 131 Å². The predicted molar refractivity (Wildman–Crippen MR) is 191 cm³/mol. The number of hydrogen-bond acceptors (Lipinski definition) is 7. The maximum Gasteiger partial charge on any atom is 0.315 e. The van der Waals surface area contributed by atoms with Crippen LogP contribution >= 0.6 is 0 Å². The number of urea groups is 1. The normalized spacial score (nSPS) is 23.5. The van der Waals surface area contributed by atoms with Gasteiger partial charge in [0.1, 0.15) is 0 Å². The number of nitrogens with zero attached hydrogens (tertiary/aromatic N) is 1. The molecule has 0 saturated carbocycles. The molecule has 7 rings (SSSR count). The number of hydrogen-bond donors (Lipinski definition) is 3. The molecule has 3 aliphatic rings. The number of aliphatic hydroxyl groups is 1. The van der Waals surface area contributed by atoms with Crippen LogP contribution in [0.1, 0.15) is 60.0 Å². The van der Waals surface area contributed by atoms with Gasteiger partial charge in [0.2, 0.25) is 0 Å². The largest absolute Gasteiger partial charge is 0.392 e. The summed E-state index contributed by atoms with van der Waals surface area (Å²) in [7, 11) is 0. The van der Waals surface area contributed by atoms with Crippen molar-refractivity contribution in [3.63, 3.8) is 0 Å². The van der Waals surface area contributed by atoms with Crippen LogP contribution in [0.4, 0.5) is 4.79 Å². The van der Waals surface area contributed by atoms with Crippen LogP contribution in [-0.4, -0.2) is 60.8 Å². The highest BCUT2D eigenvalue weighted by molar-refractivity contribution is 5.74. The SMILES string of the molecule is C[C@@H]1[C@H](CN2CCC3(CC2)OCCO3)O[C@H](c2cccc(-c3cccc(CNC(=O)NCc4ccccc4)c3)c2)O[C@@H]1c1ccc(CO)cc1. The fourth-order valence-corrected chi connectivity index (χ4v) is 7.19. The standard InChI is InChI=1S/C41H47N3O6/c1-29-37(27-44-19-17-41(18-20-44)47-21-22-48-41)49-39(50-38(29)33-15-13-31(28-45)14-16-33)36-12-6-11-35(24-36)34-10-5-9-32(23-34)26-43-40(46)42-25-30-7-3-2-4-8-30/h2-16,23-24,29,37-39,45H,17-22,25-28H2,1H3,(H2,42,43,46)/t29-,37+,38+,39+/m1/s1. The van der Waals surface area contributed by atoms with Crippen molar-refractivity contribution < 1.29 is 28.8 Å². The third-order valence-electron chi connectivity index (χ3n) is 10.2. The number of piperidine rings is 1. The number of rotatable bonds is 10.